The van der Waals surface area contributed by atoms with Gasteiger partial charge in [-0.25, -0.2) is 4.79 Å². The topological polar surface area (TPSA) is 81.8 Å². The summed E-state index contributed by atoms with van der Waals surface area (Å²) in [6, 6.07) is -0.636. The minimum absolute atomic E-state index is 0.00894. The van der Waals surface area contributed by atoms with Crippen molar-refractivity contribution in [3.05, 3.63) is 0 Å². The lowest BCUT2D eigenvalue weighted by Crippen LogP contribution is -2.58. The average Bonchev–Trinajstić information content (AvgIpc) is 2.81. The van der Waals surface area contributed by atoms with Gasteiger partial charge in [0, 0.05) is 25.6 Å². The molecule has 0 unspecified atom stereocenters. The van der Waals surface area contributed by atoms with Crippen LogP contribution in [0.25, 0.3) is 0 Å². The summed E-state index contributed by atoms with van der Waals surface area (Å²) in [7, 11) is 0. The van der Waals surface area contributed by atoms with E-state index >= 15 is 0 Å². The zero-order valence-electron chi connectivity index (χ0n) is 14.5. The zero-order chi connectivity index (χ0) is 17.2. The predicted octanol–water partition coefficient (Wildman–Crippen LogP) is 0.553. The molecule has 2 heterocycles. The van der Waals surface area contributed by atoms with Crippen molar-refractivity contribution in [3.63, 3.8) is 0 Å². The molecule has 0 spiro atoms. The Morgan fingerprint density at radius 3 is 2.57 bits per heavy atom. The van der Waals surface area contributed by atoms with Gasteiger partial charge in [0.1, 0.15) is 5.54 Å². The van der Waals surface area contributed by atoms with Gasteiger partial charge >= 0.3 is 6.03 Å². The van der Waals surface area contributed by atoms with E-state index in [1.807, 2.05) is 25.7 Å². The fraction of sp³-hybridized carbons (Fsp3) is 0.812. The van der Waals surface area contributed by atoms with Crippen LogP contribution >= 0.6 is 0 Å². The minimum Gasteiger partial charge on any atom is -0.342 e. The normalized spacial score (nSPS) is 29.8. The fourth-order valence-corrected chi connectivity index (χ4v) is 3.63. The molecule has 0 aliphatic carbocycles. The van der Waals surface area contributed by atoms with Gasteiger partial charge in [-0.05, 0) is 47.1 Å². The highest BCUT2D eigenvalue weighted by atomic mass is 16.2. The second-order valence-electron chi connectivity index (χ2n) is 6.63. The van der Waals surface area contributed by atoms with Crippen molar-refractivity contribution in [2.45, 2.75) is 52.1 Å². The van der Waals surface area contributed by atoms with Gasteiger partial charge in [0.2, 0.25) is 5.91 Å². The van der Waals surface area contributed by atoms with E-state index < -0.39 is 11.6 Å². The maximum Gasteiger partial charge on any atom is 0.322 e. The summed E-state index contributed by atoms with van der Waals surface area (Å²) < 4.78 is 0. The SMILES string of the molecule is CCN(CC)C(=O)[C@H](C)N1CCC[C@@H]([C@@]2(C)NC(=O)NC2=O)C1. The Hall–Kier alpha value is -1.63. The van der Waals surface area contributed by atoms with Crippen molar-refractivity contribution in [2.24, 2.45) is 5.92 Å². The van der Waals surface area contributed by atoms with E-state index in [-0.39, 0.29) is 23.8 Å². The number of piperidine rings is 1. The predicted molar refractivity (Wildman–Crippen MR) is 86.8 cm³/mol. The van der Waals surface area contributed by atoms with Gasteiger partial charge in [0.15, 0.2) is 0 Å². The molecule has 2 rings (SSSR count). The first kappa shape index (κ1) is 17.7. The molecule has 3 atom stereocenters. The number of likely N-dealkylation sites (N-methyl/N-ethyl adjacent to an activating group) is 1. The molecule has 7 nitrogen and oxygen atoms in total. The molecule has 0 aromatic carbocycles. The van der Waals surface area contributed by atoms with Crippen LogP contribution in [0.1, 0.15) is 40.5 Å². The number of hydrogen-bond donors (Lipinski definition) is 2. The first-order valence-electron chi connectivity index (χ1n) is 8.49. The van der Waals surface area contributed by atoms with Crippen LogP contribution in [-0.4, -0.2) is 65.4 Å². The van der Waals surface area contributed by atoms with Gasteiger partial charge in [0.05, 0.1) is 6.04 Å². The summed E-state index contributed by atoms with van der Waals surface area (Å²) in [5, 5.41) is 5.09. The number of amides is 4. The molecular formula is C16H28N4O3. The smallest absolute Gasteiger partial charge is 0.322 e. The monoisotopic (exact) mass is 324 g/mol. The van der Waals surface area contributed by atoms with Crippen molar-refractivity contribution >= 4 is 17.8 Å². The lowest BCUT2D eigenvalue weighted by molar-refractivity contribution is -0.137. The molecule has 0 aromatic rings. The largest absolute Gasteiger partial charge is 0.342 e. The number of urea groups is 1. The summed E-state index contributed by atoms with van der Waals surface area (Å²) in [5.74, 6) is -0.132. The van der Waals surface area contributed by atoms with Crippen molar-refractivity contribution < 1.29 is 14.4 Å². The molecule has 2 aliphatic heterocycles. The van der Waals surface area contributed by atoms with E-state index in [4.69, 9.17) is 0 Å². The highest BCUT2D eigenvalue weighted by Crippen LogP contribution is 2.30. The summed E-state index contributed by atoms with van der Waals surface area (Å²) >= 11 is 0. The number of imide groups is 1. The molecule has 0 saturated carbocycles. The number of likely N-dealkylation sites (tertiary alicyclic amines) is 1. The molecule has 2 aliphatic rings. The third-order valence-electron chi connectivity index (χ3n) is 5.32. The average molecular weight is 324 g/mol. The van der Waals surface area contributed by atoms with Gasteiger partial charge in [-0.2, -0.15) is 0 Å². The van der Waals surface area contributed by atoms with Crippen molar-refractivity contribution in [1.82, 2.24) is 20.4 Å². The fourth-order valence-electron chi connectivity index (χ4n) is 3.63. The maximum atomic E-state index is 12.6. The lowest BCUT2D eigenvalue weighted by Gasteiger charge is -2.42. The molecule has 2 fully saturated rings. The molecule has 0 aromatic heterocycles. The highest BCUT2D eigenvalue weighted by Gasteiger charge is 2.49. The summed E-state index contributed by atoms with van der Waals surface area (Å²) in [6.45, 7) is 10.5. The molecule has 130 valence electrons. The van der Waals surface area contributed by atoms with Gasteiger partial charge in [0.25, 0.3) is 5.91 Å². The summed E-state index contributed by atoms with van der Waals surface area (Å²) in [5.41, 5.74) is -0.881. The standard InChI is InChI=1S/C16H28N4O3/c1-5-19(6-2)13(21)11(3)20-9-7-8-12(10-20)16(4)14(22)17-15(23)18-16/h11-12H,5-10H2,1-4H3,(H2,17,18,22,23)/t11-,12+,16+/m0/s1. The maximum absolute atomic E-state index is 12.6. The van der Waals surface area contributed by atoms with Gasteiger partial charge in [-0.15, -0.1) is 0 Å². The number of rotatable bonds is 5. The first-order valence-corrected chi connectivity index (χ1v) is 8.49. The molecule has 4 amide bonds. The minimum atomic E-state index is -0.881. The zero-order valence-corrected chi connectivity index (χ0v) is 14.5. The van der Waals surface area contributed by atoms with Gasteiger partial charge < -0.3 is 10.2 Å². The number of carbonyl (C=O) groups excluding carboxylic acids is 3. The van der Waals surface area contributed by atoms with Crippen LogP contribution in [0.3, 0.4) is 0 Å². The molecule has 7 heteroatoms. The van der Waals surface area contributed by atoms with Crippen LogP contribution in [0, 0.1) is 5.92 Å². The van der Waals surface area contributed by atoms with Crippen molar-refractivity contribution in [3.8, 4) is 0 Å². The molecule has 2 N–H and O–H groups in total. The summed E-state index contributed by atoms with van der Waals surface area (Å²) in [6.07, 6.45) is 1.78. The van der Waals surface area contributed by atoms with Crippen LogP contribution in [0.5, 0.6) is 0 Å². The Morgan fingerprint density at radius 2 is 2.04 bits per heavy atom. The molecule has 0 radical (unpaired) electrons. The summed E-state index contributed by atoms with van der Waals surface area (Å²) in [4.78, 5) is 40.1. The second kappa shape index (κ2) is 6.86. The number of nitrogens with one attached hydrogen (secondary N) is 2. The Morgan fingerprint density at radius 1 is 1.39 bits per heavy atom. The van der Waals surface area contributed by atoms with E-state index in [0.717, 1.165) is 19.4 Å². The number of nitrogens with zero attached hydrogens (tertiary/aromatic N) is 2. The van der Waals surface area contributed by atoms with Crippen molar-refractivity contribution in [1.29, 1.82) is 0 Å². The third kappa shape index (κ3) is 3.34. The molecule has 23 heavy (non-hydrogen) atoms. The van der Waals surface area contributed by atoms with Crippen molar-refractivity contribution in [2.75, 3.05) is 26.2 Å². The van der Waals surface area contributed by atoms with Crippen LogP contribution in [0.4, 0.5) is 4.79 Å². The van der Waals surface area contributed by atoms with Gasteiger partial charge in [-0.1, -0.05) is 0 Å². The van der Waals surface area contributed by atoms with E-state index in [0.29, 0.717) is 19.6 Å². The first-order chi connectivity index (χ1) is 10.8. The van der Waals surface area contributed by atoms with E-state index in [9.17, 15) is 14.4 Å². The molecule has 0 bridgehead atoms. The molecular weight excluding hydrogens is 296 g/mol. The van der Waals surface area contributed by atoms with Crippen LogP contribution in [-0.2, 0) is 9.59 Å². The van der Waals surface area contributed by atoms with E-state index in [1.54, 1.807) is 6.92 Å². The van der Waals surface area contributed by atoms with Crippen LogP contribution in [0.2, 0.25) is 0 Å². The molecule has 2 saturated heterocycles. The Kier molecular flexibility index (Phi) is 5.29. The Labute approximate surface area is 137 Å². The Bertz CT molecular complexity index is 492. The van der Waals surface area contributed by atoms with Crippen LogP contribution < -0.4 is 10.6 Å². The van der Waals surface area contributed by atoms with Gasteiger partial charge in [-0.3, -0.25) is 19.8 Å². The number of hydrogen-bond acceptors (Lipinski definition) is 4. The van der Waals surface area contributed by atoms with E-state index in [1.165, 1.54) is 0 Å². The quantitative estimate of drug-likeness (QED) is 0.724. The number of carbonyl (C=O) groups is 3. The van der Waals surface area contributed by atoms with Crippen LogP contribution in [0.15, 0.2) is 0 Å². The third-order valence-corrected chi connectivity index (χ3v) is 5.32. The highest BCUT2D eigenvalue weighted by molar-refractivity contribution is 6.07. The van der Waals surface area contributed by atoms with E-state index in [2.05, 4.69) is 15.5 Å². The second-order valence-corrected chi connectivity index (χ2v) is 6.63. The Balaban J connectivity index is 2.07. The lowest BCUT2D eigenvalue weighted by atomic mass is 9.79.